The number of nitrogens with zero attached hydrogens (tertiary/aromatic N) is 1. The number of nitrogens with two attached hydrogens (primary N) is 1. The predicted octanol–water partition coefficient (Wildman–Crippen LogP) is 2.59. The van der Waals surface area contributed by atoms with Crippen molar-refractivity contribution >= 4 is 23.8 Å². The van der Waals surface area contributed by atoms with E-state index >= 15 is 0 Å². The highest BCUT2D eigenvalue weighted by atomic mass is 35.5. The highest BCUT2D eigenvalue weighted by Gasteiger charge is 2.15. The summed E-state index contributed by atoms with van der Waals surface area (Å²) >= 11 is 11.5. The average molecular weight is 356 g/mol. The number of methoxy groups -OCH3 is 2. The zero-order valence-electron chi connectivity index (χ0n) is 12.9. The highest BCUT2D eigenvalue weighted by molar-refractivity contribution is 7.71. The number of aromatic nitrogens is 2. The lowest BCUT2D eigenvalue weighted by atomic mass is 10.1. The van der Waals surface area contributed by atoms with Crippen LogP contribution < -0.4 is 20.8 Å². The van der Waals surface area contributed by atoms with Crippen molar-refractivity contribution in [3.8, 4) is 22.8 Å². The molecule has 0 saturated heterocycles. The van der Waals surface area contributed by atoms with Crippen LogP contribution in [0.3, 0.4) is 0 Å². The van der Waals surface area contributed by atoms with E-state index in [1.807, 2.05) is 4.57 Å². The quantitative estimate of drug-likeness (QED) is 0.778. The molecule has 1 aromatic carbocycles. The Labute approximate surface area is 143 Å². The van der Waals surface area contributed by atoms with E-state index in [9.17, 15) is 4.79 Å². The van der Waals surface area contributed by atoms with E-state index in [-0.39, 0.29) is 5.56 Å². The first kappa shape index (κ1) is 17.5. The van der Waals surface area contributed by atoms with Crippen molar-refractivity contribution in [2.75, 3.05) is 20.8 Å². The average Bonchev–Trinajstić information content (AvgIpc) is 2.53. The van der Waals surface area contributed by atoms with Crippen LogP contribution in [-0.4, -0.2) is 30.3 Å². The normalized spacial score (nSPS) is 10.6. The maximum Gasteiger partial charge on any atom is 0.252 e. The topological polar surface area (TPSA) is 82.3 Å². The van der Waals surface area contributed by atoms with Gasteiger partial charge in [0.05, 0.1) is 24.9 Å². The number of aromatic amines is 1. The SMILES string of the molecule is COc1cc(OC)c(-c2cc(=O)[nH]c(=S)n2CCCN)cc1Cl. The molecule has 0 atom stereocenters. The van der Waals surface area contributed by atoms with Gasteiger partial charge in [0, 0.05) is 24.2 Å². The number of H-pyrrole nitrogens is 1. The third-order valence-electron chi connectivity index (χ3n) is 3.37. The summed E-state index contributed by atoms with van der Waals surface area (Å²) in [7, 11) is 3.06. The molecule has 8 heteroatoms. The number of ether oxygens (including phenoxy) is 2. The molecule has 1 aromatic heterocycles. The van der Waals surface area contributed by atoms with E-state index in [4.69, 9.17) is 39.0 Å². The Hall–Kier alpha value is -1.83. The van der Waals surface area contributed by atoms with Gasteiger partial charge in [-0.2, -0.15) is 0 Å². The lowest BCUT2D eigenvalue weighted by molar-refractivity contribution is 0.395. The summed E-state index contributed by atoms with van der Waals surface area (Å²) in [4.78, 5) is 14.5. The second kappa shape index (κ2) is 7.63. The van der Waals surface area contributed by atoms with Gasteiger partial charge in [-0.3, -0.25) is 9.78 Å². The van der Waals surface area contributed by atoms with Gasteiger partial charge in [-0.15, -0.1) is 0 Å². The van der Waals surface area contributed by atoms with Gasteiger partial charge in [0.1, 0.15) is 11.5 Å². The van der Waals surface area contributed by atoms with E-state index < -0.39 is 0 Å². The summed E-state index contributed by atoms with van der Waals surface area (Å²) in [5.41, 5.74) is 6.57. The van der Waals surface area contributed by atoms with Gasteiger partial charge in [-0.05, 0) is 31.2 Å². The Morgan fingerprint density at radius 3 is 2.57 bits per heavy atom. The number of hydrogen-bond acceptors (Lipinski definition) is 5. The molecule has 0 bridgehead atoms. The van der Waals surface area contributed by atoms with Crippen LogP contribution in [0.15, 0.2) is 23.0 Å². The molecule has 0 aliphatic heterocycles. The van der Waals surface area contributed by atoms with Crippen LogP contribution in [-0.2, 0) is 6.54 Å². The van der Waals surface area contributed by atoms with Crippen LogP contribution in [0.4, 0.5) is 0 Å². The predicted molar refractivity (Wildman–Crippen MR) is 93.1 cm³/mol. The summed E-state index contributed by atoms with van der Waals surface area (Å²) in [6, 6.07) is 4.84. The second-order valence-electron chi connectivity index (χ2n) is 4.80. The summed E-state index contributed by atoms with van der Waals surface area (Å²) in [6.45, 7) is 1.09. The minimum atomic E-state index is -0.289. The van der Waals surface area contributed by atoms with E-state index in [1.165, 1.54) is 20.3 Å². The molecular formula is C15H18ClN3O3S. The Morgan fingerprint density at radius 2 is 1.96 bits per heavy atom. The molecule has 0 spiro atoms. The van der Waals surface area contributed by atoms with Crippen LogP contribution >= 0.6 is 23.8 Å². The third-order valence-corrected chi connectivity index (χ3v) is 3.99. The van der Waals surface area contributed by atoms with E-state index in [1.54, 1.807) is 12.1 Å². The molecular weight excluding hydrogens is 338 g/mol. The Bertz CT molecular complexity index is 817. The number of halogens is 1. The standard InChI is InChI=1S/C15H18ClN3O3S/c1-21-12-8-13(22-2)10(16)6-9(12)11-7-14(20)18-15(23)19(11)5-3-4-17/h6-8H,3-5,17H2,1-2H3,(H,18,20,23). The molecule has 0 fully saturated rings. The van der Waals surface area contributed by atoms with E-state index in [0.717, 1.165) is 6.42 Å². The first-order chi connectivity index (χ1) is 11.0. The van der Waals surface area contributed by atoms with Gasteiger partial charge < -0.3 is 19.8 Å². The van der Waals surface area contributed by atoms with Gasteiger partial charge >= 0.3 is 0 Å². The van der Waals surface area contributed by atoms with Crippen molar-refractivity contribution in [3.05, 3.63) is 38.3 Å². The van der Waals surface area contributed by atoms with Gasteiger partial charge in [-0.25, -0.2) is 0 Å². The van der Waals surface area contributed by atoms with Crippen molar-refractivity contribution < 1.29 is 9.47 Å². The van der Waals surface area contributed by atoms with Crippen LogP contribution in [0.1, 0.15) is 6.42 Å². The summed E-state index contributed by atoms with van der Waals surface area (Å²) in [5.74, 6) is 1.02. The van der Waals surface area contributed by atoms with Gasteiger partial charge in [-0.1, -0.05) is 11.6 Å². The van der Waals surface area contributed by atoms with Crippen molar-refractivity contribution in [1.29, 1.82) is 0 Å². The molecule has 2 rings (SSSR count). The molecule has 0 aliphatic rings. The maximum absolute atomic E-state index is 11.9. The summed E-state index contributed by atoms with van der Waals surface area (Å²) in [6.07, 6.45) is 0.722. The zero-order chi connectivity index (χ0) is 17.0. The minimum Gasteiger partial charge on any atom is -0.496 e. The molecule has 0 unspecified atom stereocenters. The largest absolute Gasteiger partial charge is 0.496 e. The van der Waals surface area contributed by atoms with Crippen LogP contribution in [0, 0.1) is 4.77 Å². The maximum atomic E-state index is 11.9. The van der Waals surface area contributed by atoms with Gasteiger partial charge in [0.2, 0.25) is 0 Å². The number of rotatable bonds is 6. The van der Waals surface area contributed by atoms with E-state index in [0.29, 0.717) is 45.6 Å². The highest BCUT2D eigenvalue weighted by Crippen LogP contribution is 2.38. The Balaban J connectivity index is 2.72. The number of hydrogen-bond donors (Lipinski definition) is 2. The lowest BCUT2D eigenvalue weighted by Gasteiger charge is -2.17. The Morgan fingerprint density at radius 1 is 1.26 bits per heavy atom. The first-order valence-electron chi connectivity index (χ1n) is 6.98. The molecule has 124 valence electrons. The summed E-state index contributed by atoms with van der Waals surface area (Å²) < 4.78 is 12.7. The number of nitrogens with one attached hydrogen (secondary N) is 1. The van der Waals surface area contributed by atoms with Crippen molar-refractivity contribution in [3.63, 3.8) is 0 Å². The second-order valence-corrected chi connectivity index (χ2v) is 5.60. The number of benzene rings is 1. The van der Waals surface area contributed by atoms with Crippen LogP contribution in [0.25, 0.3) is 11.3 Å². The Kier molecular flexibility index (Phi) is 5.81. The molecule has 6 nitrogen and oxygen atoms in total. The molecule has 23 heavy (non-hydrogen) atoms. The summed E-state index contributed by atoms with van der Waals surface area (Å²) in [5, 5.41) is 0.417. The van der Waals surface area contributed by atoms with Gasteiger partial charge in [0.15, 0.2) is 4.77 Å². The minimum absolute atomic E-state index is 0.289. The van der Waals surface area contributed by atoms with Crippen molar-refractivity contribution in [1.82, 2.24) is 9.55 Å². The lowest BCUT2D eigenvalue weighted by Crippen LogP contribution is -2.16. The van der Waals surface area contributed by atoms with E-state index in [2.05, 4.69) is 4.98 Å². The van der Waals surface area contributed by atoms with Crippen molar-refractivity contribution in [2.24, 2.45) is 5.73 Å². The fourth-order valence-corrected chi connectivity index (χ4v) is 2.81. The molecule has 0 aliphatic carbocycles. The van der Waals surface area contributed by atoms with Crippen molar-refractivity contribution in [2.45, 2.75) is 13.0 Å². The molecule has 0 radical (unpaired) electrons. The molecule has 0 saturated carbocycles. The van der Waals surface area contributed by atoms with Gasteiger partial charge in [0.25, 0.3) is 5.56 Å². The molecule has 2 aromatic rings. The van der Waals surface area contributed by atoms with Crippen LogP contribution in [0.5, 0.6) is 11.5 Å². The smallest absolute Gasteiger partial charge is 0.252 e. The molecule has 3 N–H and O–H groups in total. The molecule has 0 amide bonds. The fourth-order valence-electron chi connectivity index (χ4n) is 2.28. The monoisotopic (exact) mass is 355 g/mol. The fraction of sp³-hybridized carbons (Fsp3) is 0.333. The third kappa shape index (κ3) is 3.74. The molecule has 1 heterocycles. The van der Waals surface area contributed by atoms with Crippen LogP contribution in [0.2, 0.25) is 5.02 Å². The first-order valence-corrected chi connectivity index (χ1v) is 7.76. The zero-order valence-corrected chi connectivity index (χ0v) is 14.5.